The van der Waals surface area contributed by atoms with Crippen LogP contribution in [0.15, 0.2) is 48.5 Å². The molecule has 6 heteroatoms. The molecule has 0 unspecified atom stereocenters. The Kier molecular flexibility index (Phi) is 5.53. The van der Waals surface area contributed by atoms with Crippen molar-refractivity contribution in [3.05, 3.63) is 54.1 Å². The van der Waals surface area contributed by atoms with Crippen molar-refractivity contribution in [2.45, 2.75) is 13.0 Å². The van der Waals surface area contributed by atoms with Gasteiger partial charge in [0.2, 0.25) is 5.95 Å². The van der Waals surface area contributed by atoms with Crippen molar-refractivity contribution in [2.24, 2.45) is 0 Å². The largest absolute Gasteiger partial charge is 0.497 e. The summed E-state index contributed by atoms with van der Waals surface area (Å²) in [6, 6.07) is 15.0. The van der Waals surface area contributed by atoms with Crippen LogP contribution in [0.1, 0.15) is 16.8 Å². The number of anilines is 1. The molecule has 2 aromatic carbocycles. The molecule has 0 aliphatic heterocycles. The summed E-state index contributed by atoms with van der Waals surface area (Å²) in [5.74, 6) is 1.11. The fourth-order valence-corrected chi connectivity index (χ4v) is 2.86. The van der Waals surface area contributed by atoms with Gasteiger partial charge in [0.1, 0.15) is 5.75 Å². The lowest BCUT2D eigenvalue weighted by atomic mass is 10.2. The molecule has 0 aliphatic carbocycles. The number of para-hydroxylation sites is 2. The van der Waals surface area contributed by atoms with E-state index in [0.29, 0.717) is 11.5 Å². The van der Waals surface area contributed by atoms with E-state index in [1.807, 2.05) is 24.3 Å². The first-order chi connectivity index (χ1) is 12.6. The molecule has 26 heavy (non-hydrogen) atoms. The molecule has 0 atom stereocenters. The van der Waals surface area contributed by atoms with Gasteiger partial charge in [-0.15, -0.1) is 0 Å². The van der Waals surface area contributed by atoms with Crippen molar-refractivity contribution in [1.82, 2.24) is 14.5 Å². The molecule has 3 rings (SSSR count). The summed E-state index contributed by atoms with van der Waals surface area (Å²) >= 11 is 0. The average Bonchev–Trinajstić information content (AvgIpc) is 2.99. The van der Waals surface area contributed by atoms with E-state index in [-0.39, 0.29) is 5.91 Å². The highest BCUT2D eigenvalue weighted by Gasteiger charge is 2.14. The van der Waals surface area contributed by atoms with Gasteiger partial charge in [-0.25, -0.2) is 4.98 Å². The van der Waals surface area contributed by atoms with Crippen LogP contribution >= 0.6 is 0 Å². The van der Waals surface area contributed by atoms with Crippen molar-refractivity contribution in [3.63, 3.8) is 0 Å². The molecule has 0 fully saturated rings. The summed E-state index contributed by atoms with van der Waals surface area (Å²) in [6.45, 7) is 1.76. The highest BCUT2D eigenvalue weighted by molar-refractivity contribution is 6.04. The first kappa shape index (κ1) is 17.9. The van der Waals surface area contributed by atoms with Crippen LogP contribution in [0.5, 0.6) is 5.75 Å². The average molecular weight is 352 g/mol. The number of aryl methyl sites for hydroxylation is 1. The van der Waals surface area contributed by atoms with Crippen LogP contribution in [0.25, 0.3) is 11.0 Å². The van der Waals surface area contributed by atoms with Gasteiger partial charge in [0.15, 0.2) is 0 Å². The fourth-order valence-electron chi connectivity index (χ4n) is 2.86. The van der Waals surface area contributed by atoms with Gasteiger partial charge in [-0.2, -0.15) is 0 Å². The summed E-state index contributed by atoms with van der Waals surface area (Å²) in [5.41, 5.74) is 2.47. The first-order valence-electron chi connectivity index (χ1n) is 8.64. The number of hydrogen-bond donors (Lipinski definition) is 1. The zero-order chi connectivity index (χ0) is 18.5. The maximum absolute atomic E-state index is 12.6. The van der Waals surface area contributed by atoms with Crippen molar-refractivity contribution >= 4 is 22.9 Å². The second kappa shape index (κ2) is 8.01. The minimum Gasteiger partial charge on any atom is -0.497 e. The molecular formula is C20H24N4O2. The number of carbonyl (C=O) groups is 1. The van der Waals surface area contributed by atoms with Crippen LogP contribution in [-0.2, 0) is 6.54 Å². The molecule has 136 valence electrons. The van der Waals surface area contributed by atoms with Gasteiger partial charge in [0.25, 0.3) is 5.91 Å². The van der Waals surface area contributed by atoms with Gasteiger partial charge < -0.3 is 14.2 Å². The third-order valence-corrected chi connectivity index (χ3v) is 4.22. The lowest BCUT2D eigenvalue weighted by molar-refractivity contribution is 0.102. The van der Waals surface area contributed by atoms with E-state index in [0.717, 1.165) is 36.3 Å². The number of nitrogens with zero attached hydrogens (tertiary/aromatic N) is 3. The Balaban J connectivity index is 1.84. The molecule has 1 amide bonds. The van der Waals surface area contributed by atoms with Crippen molar-refractivity contribution in [2.75, 3.05) is 33.1 Å². The Morgan fingerprint density at radius 2 is 1.88 bits per heavy atom. The van der Waals surface area contributed by atoms with Gasteiger partial charge in [0.05, 0.1) is 18.1 Å². The number of rotatable bonds is 7. The molecule has 1 heterocycles. The normalized spacial score (nSPS) is 11.1. The zero-order valence-electron chi connectivity index (χ0n) is 15.4. The number of nitrogens with one attached hydrogen (secondary N) is 1. The minimum absolute atomic E-state index is 0.184. The predicted molar refractivity (Wildman–Crippen MR) is 104 cm³/mol. The Morgan fingerprint density at radius 3 is 2.58 bits per heavy atom. The molecule has 1 aromatic heterocycles. The number of fused-ring (bicyclic) bond motifs is 1. The molecule has 0 spiro atoms. The maximum Gasteiger partial charge on any atom is 0.257 e. The molecule has 0 aliphatic rings. The van der Waals surface area contributed by atoms with Crippen LogP contribution in [0.4, 0.5) is 5.95 Å². The zero-order valence-corrected chi connectivity index (χ0v) is 15.4. The summed E-state index contributed by atoms with van der Waals surface area (Å²) in [7, 11) is 5.71. The number of hydrogen-bond acceptors (Lipinski definition) is 4. The van der Waals surface area contributed by atoms with Gasteiger partial charge in [-0.05, 0) is 63.5 Å². The smallest absolute Gasteiger partial charge is 0.257 e. The van der Waals surface area contributed by atoms with E-state index >= 15 is 0 Å². The molecule has 0 radical (unpaired) electrons. The highest BCUT2D eigenvalue weighted by Crippen LogP contribution is 2.21. The standard InChI is InChI=1S/C20H24N4O2/c1-23(2)13-6-14-24-18-8-5-4-7-17(18)21-20(24)22-19(25)15-9-11-16(26-3)12-10-15/h4-5,7-12H,6,13-14H2,1-3H3,(H,21,22,25). The summed E-state index contributed by atoms with van der Waals surface area (Å²) < 4.78 is 7.21. The topological polar surface area (TPSA) is 59.4 Å². The van der Waals surface area contributed by atoms with Crippen molar-refractivity contribution < 1.29 is 9.53 Å². The summed E-state index contributed by atoms with van der Waals surface area (Å²) in [5, 5.41) is 2.95. The number of ether oxygens (including phenoxy) is 1. The molecular weight excluding hydrogens is 328 g/mol. The minimum atomic E-state index is -0.184. The van der Waals surface area contributed by atoms with E-state index < -0.39 is 0 Å². The Hall–Kier alpha value is -2.86. The third-order valence-electron chi connectivity index (χ3n) is 4.22. The number of aromatic nitrogens is 2. The predicted octanol–water partition coefficient (Wildman–Crippen LogP) is 3.25. The Morgan fingerprint density at radius 1 is 1.15 bits per heavy atom. The lowest BCUT2D eigenvalue weighted by Crippen LogP contribution is -2.18. The number of methoxy groups -OCH3 is 1. The van der Waals surface area contributed by atoms with E-state index in [4.69, 9.17) is 4.74 Å². The van der Waals surface area contributed by atoms with Crippen LogP contribution in [0.2, 0.25) is 0 Å². The van der Waals surface area contributed by atoms with Gasteiger partial charge in [-0.3, -0.25) is 10.1 Å². The monoisotopic (exact) mass is 352 g/mol. The van der Waals surface area contributed by atoms with Crippen LogP contribution in [0.3, 0.4) is 0 Å². The number of amides is 1. The molecule has 0 saturated carbocycles. The fraction of sp³-hybridized carbons (Fsp3) is 0.300. The number of carbonyl (C=O) groups excluding carboxylic acids is 1. The van der Waals surface area contributed by atoms with Gasteiger partial charge >= 0.3 is 0 Å². The second-order valence-electron chi connectivity index (χ2n) is 6.42. The Bertz CT molecular complexity index is 884. The molecule has 1 N–H and O–H groups in total. The molecule has 3 aromatic rings. The quantitative estimate of drug-likeness (QED) is 0.709. The first-order valence-corrected chi connectivity index (χ1v) is 8.64. The van der Waals surface area contributed by atoms with E-state index in [2.05, 4.69) is 33.9 Å². The summed E-state index contributed by atoms with van der Waals surface area (Å²) in [4.78, 5) is 19.4. The maximum atomic E-state index is 12.6. The molecule has 0 saturated heterocycles. The molecule has 6 nitrogen and oxygen atoms in total. The van der Waals surface area contributed by atoms with Crippen LogP contribution < -0.4 is 10.1 Å². The highest BCUT2D eigenvalue weighted by atomic mass is 16.5. The number of imidazole rings is 1. The van der Waals surface area contributed by atoms with Crippen molar-refractivity contribution in [3.8, 4) is 5.75 Å². The van der Waals surface area contributed by atoms with Crippen molar-refractivity contribution in [1.29, 1.82) is 0 Å². The number of benzene rings is 2. The van der Waals surface area contributed by atoms with Crippen LogP contribution in [0, 0.1) is 0 Å². The second-order valence-corrected chi connectivity index (χ2v) is 6.42. The van der Waals surface area contributed by atoms with Crippen LogP contribution in [-0.4, -0.2) is 48.1 Å². The molecule has 0 bridgehead atoms. The third kappa shape index (κ3) is 4.03. The van der Waals surface area contributed by atoms with E-state index in [9.17, 15) is 4.79 Å². The van der Waals surface area contributed by atoms with E-state index in [1.165, 1.54) is 0 Å². The lowest BCUT2D eigenvalue weighted by Gasteiger charge is -2.13. The van der Waals surface area contributed by atoms with Gasteiger partial charge in [-0.1, -0.05) is 12.1 Å². The van der Waals surface area contributed by atoms with E-state index in [1.54, 1.807) is 31.4 Å². The SMILES string of the molecule is COc1ccc(C(=O)Nc2nc3ccccc3n2CCCN(C)C)cc1. The summed E-state index contributed by atoms with van der Waals surface area (Å²) in [6.07, 6.45) is 0.971. The Labute approximate surface area is 153 Å². The van der Waals surface area contributed by atoms with Gasteiger partial charge in [0, 0.05) is 12.1 Å².